The van der Waals surface area contributed by atoms with Crippen LogP contribution < -0.4 is 21.9 Å². The van der Waals surface area contributed by atoms with E-state index < -0.39 is 120 Å². The number of carbonyl (C=O) groups excluding carboxylic acids is 2. The molecule has 2 aliphatic rings. The zero-order chi connectivity index (χ0) is 39.5. The minimum Gasteiger partial charge on any atom is -0.394 e. The van der Waals surface area contributed by atoms with Crippen molar-refractivity contribution in [1.29, 1.82) is 0 Å². The van der Waals surface area contributed by atoms with Crippen LogP contribution in [-0.4, -0.2) is 125 Å². The Bertz CT molecular complexity index is 1560. The van der Waals surface area contributed by atoms with Crippen LogP contribution in [0.4, 0.5) is 0 Å². The second-order valence-corrected chi connectivity index (χ2v) is 15.8. The molecule has 2 unspecified atom stereocenters. The fraction of sp³-hybridized carbons (Fsp3) is 0.793. The summed E-state index contributed by atoms with van der Waals surface area (Å²) in [5.74, 6) is -1.59. The number of H-pyrrole nitrogens is 1. The largest absolute Gasteiger partial charge is 0.483 e. The van der Waals surface area contributed by atoms with E-state index in [9.17, 15) is 63.6 Å². The summed E-state index contributed by atoms with van der Waals surface area (Å²) in [4.78, 5) is 71.0. The van der Waals surface area contributed by atoms with Gasteiger partial charge in [-0.3, -0.25) is 33.0 Å². The van der Waals surface area contributed by atoms with Gasteiger partial charge in [0.05, 0.1) is 31.8 Å². The second-order valence-electron chi connectivity index (χ2n) is 12.8. The summed E-state index contributed by atoms with van der Waals surface area (Å²) < 4.78 is 51.0. The predicted octanol–water partition coefficient (Wildman–Crippen LogP) is -1.63. The van der Waals surface area contributed by atoms with Gasteiger partial charge in [0, 0.05) is 19.2 Å². The number of aliphatic hydroxyl groups excluding tert-OH is 5. The number of unbranched alkanes of at least 4 members (excludes halogenated alkanes) is 6. The Hall–Kier alpha value is -2.40. The standard InChI is InChI=1S/C29H50N4O18P2/c1-3-4-5-6-7-8-9-10-17(36)13-21(38)31-22-23(30-16(2)35)28(49-18(14-34)24(22)39)50-53(45,46)51-52(43,44)47-15-19-25(40)26(41)27(48-19)33-12-11-20(37)32-29(33)42/h11-12,17-19,22-28,34,36,39-41H,3-10,13-15H2,1-2H3,(H,30,35)(H,31,38)(H,43,44)(H,45,46)(H,32,37,42)/t17-,18-,19-,22-,23-,24-,25-,26-,27-,28-/m1/s1. The van der Waals surface area contributed by atoms with Crippen molar-refractivity contribution in [2.24, 2.45) is 0 Å². The van der Waals surface area contributed by atoms with Crippen molar-refractivity contribution in [3.8, 4) is 0 Å². The number of aliphatic hydroxyl groups is 5. The van der Waals surface area contributed by atoms with Crippen LogP contribution in [0.3, 0.4) is 0 Å². The molecule has 0 radical (unpaired) electrons. The molecule has 10 N–H and O–H groups in total. The highest BCUT2D eigenvalue weighted by atomic mass is 31.3. The van der Waals surface area contributed by atoms with E-state index in [1.807, 2.05) is 4.98 Å². The number of aromatic amines is 1. The highest BCUT2D eigenvalue weighted by Crippen LogP contribution is 2.61. The topological polar surface area (TPSA) is 335 Å². The van der Waals surface area contributed by atoms with Crippen molar-refractivity contribution in [1.82, 2.24) is 20.2 Å². The van der Waals surface area contributed by atoms with Gasteiger partial charge in [0.1, 0.15) is 36.6 Å². The number of rotatable bonds is 21. The van der Waals surface area contributed by atoms with E-state index in [4.69, 9.17) is 14.0 Å². The minimum atomic E-state index is -5.75. The molecule has 0 saturated carbocycles. The highest BCUT2D eigenvalue weighted by molar-refractivity contribution is 7.61. The van der Waals surface area contributed by atoms with Crippen molar-refractivity contribution < 1.29 is 76.9 Å². The van der Waals surface area contributed by atoms with E-state index in [-0.39, 0.29) is 0 Å². The summed E-state index contributed by atoms with van der Waals surface area (Å²) >= 11 is 0. The molecule has 2 saturated heterocycles. The Morgan fingerprint density at radius 3 is 2.23 bits per heavy atom. The SMILES string of the molecule is CCCCCCCCC[C@@H](O)CC(=O)N[C@H]1[C@H](O)[C@@H](CO)O[C@H](OP(=O)(O)OP(=O)(O)OC[C@H]2O[C@@H](n3ccc(=O)[nH]c3=O)[C@H](O)[C@@H]2O)[C@@H]1NC(C)=O. The molecule has 1 aromatic heterocycles. The monoisotopic (exact) mass is 804 g/mol. The maximum atomic E-state index is 13.0. The summed E-state index contributed by atoms with van der Waals surface area (Å²) in [7, 11) is -11.4. The van der Waals surface area contributed by atoms with E-state index in [1.165, 1.54) is 0 Å². The average molecular weight is 805 g/mol. The number of ether oxygens (including phenoxy) is 2. The number of phosphoric ester groups is 2. The van der Waals surface area contributed by atoms with Gasteiger partial charge in [-0.25, -0.2) is 13.9 Å². The average Bonchev–Trinajstić information content (AvgIpc) is 3.34. The summed E-state index contributed by atoms with van der Waals surface area (Å²) in [6, 6.07) is -2.30. The molecule has 0 bridgehead atoms. The molecule has 0 aromatic carbocycles. The van der Waals surface area contributed by atoms with Gasteiger partial charge in [0.25, 0.3) is 5.56 Å². The van der Waals surface area contributed by atoms with Gasteiger partial charge in [-0.15, -0.1) is 0 Å². The lowest BCUT2D eigenvalue weighted by atomic mass is 9.93. The van der Waals surface area contributed by atoms with Gasteiger partial charge < -0.3 is 55.4 Å². The lowest BCUT2D eigenvalue weighted by molar-refractivity contribution is -0.224. The van der Waals surface area contributed by atoms with Crippen molar-refractivity contribution in [3.63, 3.8) is 0 Å². The number of carbonyl (C=O) groups is 2. The maximum Gasteiger partial charge on any atom is 0.483 e. The Balaban J connectivity index is 1.64. The molecular weight excluding hydrogens is 754 g/mol. The van der Waals surface area contributed by atoms with Crippen LogP contribution in [0.25, 0.3) is 0 Å². The van der Waals surface area contributed by atoms with Gasteiger partial charge in [-0.1, -0.05) is 51.9 Å². The summed E-state index contributed by atoms with van der Waals surface area (Å²) in [6.07, 6.45) is -5.53. The lowest BCUT2D eigenvalue weighted by Gasteiger charge is -2.44. The van der Waals surface area contributed by atoms with E-state index >= 15 is 0 Å². The van der Waals surface area contributed by atoms with Crippen molar-refractivity contribution in [3.05, 3.63) is 33.1 Å². The van der Waals surface area contributed by atoms with Gasteiger partial charge >= 0.3 is 21.3 Å². The molecule has 24 heteroatoms. The summed E-state index contributed by atoms with van der Waals surface area (Å²) in [5, 5.41) is 56.5. The Morgan fingerprint density at radius 1 is 0.943 bits per heavy atom. The molecule has 22 nitrogen and oxygen atoms in total. The van der Waals surface area contributed by atoms with Crippen LogP contribution in [0.5, 0.6) is 0 Å². The summed E-state index contributed by atoms with van der Waals surface area (Å²) in [5.41, 5.74) is -1.77. The molecule has 2 amide bonds. The molecule has 3 rings (SSSR count). The number of nitrogens with zero attached hydrogens (tertiary/aromatic N) is 1. The Kier molecular flexibility index (Phi) is 17.4. The van der Waals surface area contributed by atoms with Gasteiger partial charge in [-0.05, 0) is 6.42 Å². The van der Waals surface area contributed by atoms with Crippen LogP contribution in [0.2, 0.25) is 0 Å². The van der Waals surface area contributed by atoms with Gasteiger partial charge in [-0.2, -0.15) is 4.31 Å². The first-order valence-corrected chi connectivity index (χ1v) is 20.1. The van der Waals surface area contributed by atoms with Crippen molar-refractivity contribution in [2.45, 2.75) is 133 Å². The van der Waals surface area contributed by atoms with Gasteiger partial charge in [0.15, 0.2) is 12.5 Å². The van der Waals surface area contributed by atoms with Crippen LogP contribution in [0.1, 0.15) is 77.9 Å². The molecule has 3 heterocycles. The third-order valence-electron chi connectivity index (χ3n) is 8.49. The van der Waals surface area contributed by atoms with Crippen LogP contribution in [0.15, 0.2) is 21.9 Å². The Labute approximate surface area is 303 Å². The minimum absolute atomic E-state index is 0.314. The highest BCUT2D eigenvalue weighted by Gasteiger charge is 2.51. The third kappa shape index (κ3) is 13.7. The molecule has 0 spiro atoms. The van der Waals surface area contributed by atoms with E-state index in [2.05, 4.69) is 26.4 Å². The van der Waals surface area contributed by atoms with Crippen LogP contribution in [-0.2, 0) is 41.6 Å². The predicted molar refractivity (Wildman–Crippen MR) is 180 cm³/mol. The number of amides is 2. The quantitative estimate of drug-likeness (QED) is 0.0492. The van der Waals surface area contributed by atoms with Gasteiger partial charge in [0.2, 0.25) is 11.8 Å². The molecule has 53 heavy (non-hydrogen) atoms. The van der Waals surface area contributed by atoms with E-state index in [0.717, 1.165) is 62.3 Å². The number of hydrogen-bond donors (Lipinski definition) is 10. The summed E-state index contributed by atoms with van der Waals surface area (Å²) in [6.45, 7) is 1.14. The maximum absolute atomic E-state index is 13.0. The molecule has 1 aromatic rings. The second kappa shape index (κ2) is 20.5. The number of phosphoric acid groups is 2. The first-order chi connectivity index (χ1) is 24.9. The normalized spacial score (nSPS) is 30.2. The first kappa shape index (κ1) is 45.0. The van der Waals surface area contributed by atoms with E-state index in [1.54, 1.807) is 0 Å². The molecular formula is C29H50N4O18P2. The van der Waals surface area contributed by atoms with Crippen molar-refractivity contribution in [2.75, 3.05) is 13.2 Å². The molecule has 2 fully saturated rings. The van der Waals surface area contributed by atoms with E-state index in [0.29, 0.717) is 12.8 Å². The Morgan fingerprint density at radius 2 is 1.60 bits per heavy atom. The number of hydrogen-bond acceptors (Lipinski definition) is 16. The van der Waals surface area contributed by atoms with Crippen LogP contribution in [0, 0.1) is 0 Å². The first-order valence-electron chi connectivity index (χ1n) is 17.1. The van der Waals surface area contributed by atoms with Crippen molar-refractivity contribution >= 4 is 27.5 Å². The smallest absolute Gasteiger partial charge is 0.394 e. The zero-order valence-electron chi connectivity index (χ0n) is 29.2. The molecule has 2 aliphatic heterocycles. The zero-order valence-corrected chi connectivity index (χ0v) is 31.0. The fourth-order valence-electron chi connectivity index (χ4n) is 5.85. The third-order valence-corrected chi connectivity index (χ3v) is 11.1. The molecule has 12 atom stereocenters. The number of aromatic nitrogens is 2. The molecule has 304 valence electrons. The fourth-order valence-corrected chi connectivity index (χ4v) is 8.02. The number of nitrogens with one attached hydrogen (secondary N) is 3. The lowest BCUT2D eigenvalue weighted by Crippen LogP contribution is -2.69. The molecule has 0 aliphatic carbocycles. The van der Waals surface area contributed by atoms with Crippen LogP contribution >= 0.6 is 15.6 Å².